The summed E-state index contributed by atoms with van der Waals surface area (Å²) in [5, 5.41) is 7.90. The molecule has 0 unspecified atom stereocenters. The first-order valence-electron chi connectivity index (χ1n) is 21.5. The van der Waals surface area contributed by atoms with E-state index in [0.29, 0.717) is 17.5 Å². The lowest BCUT2D eigenvalue weighted by molar-refractivity contribution is 0.669. The molecule has 9 aromatic carbocycles. The van der Waals surface area contributed by atoms with Crippen molar-refractivity contribution in [2.24, 2.45) is 0 Å². The van der Waals surface area contributed by atoms with Crippen LogP contribution in [-0.2, 0) is 0 Å². The Labute approximate surface area is 367 Å². The maximum atomic E-state index is 6.43. The second-order valence-electron chi connectivity index (χ2n) is 16.2. The highest BCUT2D eigenvalue weighted by atomic mass is 16.3. The SMILES string of the molecule is c1ccc(-c2nc(-c3ccc(-c4ccc5c(c4)nc(-c4ccccc4)c4cc6c7ccccc7n(-c7ccccc7)c6cc45)cc3)nc(-c3cccc4c3oc3ccccc34)n2)cc1. The van der Waals surface area contributed by atoms with Crippen LogP contribution in [0, 0.1) is 0 Å². The molecule has 64 heavy (non-hydrogen) atoms. The Morgan fingerprint density at radius 1 is 0.328 bits per heavy atom. The number of para-hydroxylation sites is 4. The zero-order valence-electron chi connectivity index (χ0n) is 34.4. The van der Waals surface area contributed by atoms with Crippen LogP contribution in [0.3, 0.4) is 0 Å². The van der Waals surface area contributed by atoms with E-state index in [1.54, 1.807) is 0 Å². The van der Waals surface area contributed by atoms with Gasteiger partial charge in [-0.25, -0.2) is 19.9 Å². The number of pyridine rings is 1. The van der Waals surface area contributed by atoms with Crippen molar-refractivity contribution in [2.45, 2.75) is 0 Å². The molecule has 0 aliphatic heterocycles. The van der Waals surface area contributed by atoms with E-state index in [1.165, 1.54) is 16.3 Å². The Hall–Kier alpha value is -8.74. The van der Waals surface area contributed by atoms with E-state index in [1.807, 2.05) is 60.7 Å². The summed E-state index contributed by atoms with van der Waals surface area (Å²) < 4.78 is 8.81. The summed E-state index contributed by atoms with van der Waals surface area (Å²) in [7, 11) is 0. The number of furan rings is 1. The fourth-order valence-electron chi connectivity index (χ4n) is 9.39. The summed E-state index contributed by atoms with van der Waals surface area (Å²) in [6.07, 6.45) is 0. The standard InChI is InChI=1S/C58H35N5O/c1-4-15-37(16-5-1)54-49-34-48-43-21-10-12-25-51(43)63(41-19-8-3-9-20-41)52(48)35-47(49)42-32-31-40(33-50(42)59-54)36-27-29-39(30-28-36)57-60-56(38-17-6-2-7-18-38)61-58(62-57)46-24-14-23-45-44-22-11-13-26-53(44)64-55(45)46/h1-35H. The Bertz CT molecular complexity index is 3930. The molecule has 0 radical (unpaired) electrons. The molecular weight excluding hydrogens is 783 g/mol. The molecule has 0 aliphatic carbocycles. The Morgan fingerprint density at radius 2 is 0.938 bits per heavy atom. The Morgan fingerprint density at radius 3 is 1.72 bits per heavy atom. The lowest BCUT2D eigenvalue weighted by atomic mass is 9.96. The predicted octanol–water partition coefficient (Wildman–Crippen LogP) is 14.9. The lowest BCUT2D eigenvalue weighted by Crippen LogP contribution is -2.00. The molecule has 0 spiro atoms. The molecule has 4 aromatic heterocycles. The quantitative estimate of drug-likeness (QED) is 0.156. The first-order valence-corrected chi connectivity index (χ1v) is 21.5. The van der Waals surface area contributed by atoms with Gasteiger partial charge in [-0.1, -0.05) is 164 Å². The van der Waals surface area contributed by atoms with Crippen molar-refractivity contribution >= 4 is 65.4 Å². The molecule has 4 heterocycles. The molecule has 0 fully saturated rings. The van der Waals surface area contributed by atoms with Crippen LogP contribution in [0.2, 0.25) is 0 Å². The average molecular weight is 818 g/mol. The van der Waals surface area contributed by atoms with E-state index in [9.17, 15) is 0 Å². The van der Waals surface area contributed by atoms with Crippen LogP contribution in [0.25, 0.3) is 128 Å². The van der Waals surface area contributed by atoms with Crippen molar-refractivity contribution in [1.82, 2.24) is 24.5 Å². The van der Waals surface area contributed by atoms with Crippen molar-refractivity contribution in [3.05, 3.63) is 212 Å². The first kappa shape index (κ1) is 36.0. The Balaban J connectivity index is 0.950. The summed E-state index contributed by atoms with van der Waals surface area (Å²) in [4.78, 5) is 20.6. The van der Waals surface area contributed by atoms with Crippen LogP contribution in [0.1, 0.15) is 0 Å². The molecule has 0 saturated carbocycles. The van der Waals surface area contributed by atoms with Crippen LogP contribution >= 0.6 is 0 Å². The fraction of sp³-hybridized carbons (Fsp3) is 0. The molecule has 0 aliphatic rings. The summed E-state index contributed by atoms with van der Waals surface area (Å²) in [6.45, 7) is 0. The van der Waals surface area contributed by atoms with Crippen LogP contribution in [0.5, 0.6) is 0 Å². The number of hydrogen-bond acceptors (Lipinski definition) is 5. The average Bonchev–Trinajstić information content (AvgIpc) is 3.91. The first-order chi connectivity index (χ1) is 31.7. The number of benzene rings is 9. The molecule has 6 heteroatoms. The summed E-state index contributed by atoms with van der Waals surface area (Å²) in [6, 6.07) is 74.0. The molecule has 13 rings (SSSR count). The van der Waals surface area contributed by atoms with Gasteiger partial charge in [0.25, 0.3) is 0 Å². The van der Waals surface area contributed by atoms with E-state index in [0.717, 1.165) is 93.9 Å². The van der Waals surface area contributed by atoms with Gasteiger partial charge in [0.15, 0.2) is 17.5 Å². The van der Waals surface area contributed by atoms with Crippen molar-refractivity contribution in [1.29, 1.82) is 0 Å². The summed E-state index contributed by atoms with van der Waals surface area (Å²) in [5.74, 6) is 1.74. The third kappa shape index (κ3) is 5.81. The third-order valence-electron chi connectivity index (χ3n) is 12.4. The monoisotopic (exact) mass is 817 g/mol. The molecule has 0 N–H and O–H groups in total. The van der Waals surface area contributed by atoms with Crippen LogP contribution in [-0.4, -0.2) is 24.5 Å². The summed E-state index contributed by atoms with van der Waals surface area (Å²) >= 11 is 0. The maximum Gasteiger partial charge on any atom is 0.167 e. The zero-order valence-corrected chi connectivity index (χ0v) is 34.4. The second kappa shape index (κ2) is 14.4. The van der Waals surface area contributed by atoms with Gasteiger partial charge in [0, 0.05) is 54.7 Å². The van der Waals surface area contributed by atoms with E-state index in [-0.39, 0.29) is 0 Å². The number of fused-ring (bicyclic) bond motifs is 9. The van der Waals surface area contributed by atoms with Crippen LogP contribution < -0.4 is 0 Å². The fourth-order valence-corrected chi connectivity index (χ4v) is 9.39. The van der Waals surface area contributed by atoms with Gasteiger partial charge >= 0.3 is 0 Å². The molecule has 0 saturated heterocycles. The van der Waals surface area contributed by atoms with Crippen LogP contribution in [0.15, 0.2) is 217 Å². The third-order valence-corrected chi connectivity index (χ3v) is 12.4. The van der Waals surface area contributed by atoms with Crippen molar-refractivity contribution in [3.63, 3.8) is 0 Å². The van der Waals surface area contributed by atoms with Gasteiger partial charge in [-0.15, -0.1) is 0 Å². The molecule has 0 atom stereocenters. The van der Waals surface area contributed by atoms with Gasteiger partial charge in [0.1, 0.15) is 11.2 Å². The van der Waals surface area contributed by atoms with Crippen molar-refractivity contribution in [2.75, 3.05) is 0 Å². The van der Waals surface area contributed by atoms with Gasteiger partial charge in [-0.3, -0.25) is 0 Å². The van der Waals surface area contributed by atoms with Crippen LogP contribution in [0.4, 0.5) is 0 Å². The molecule has 6 nitrogen and oxygen atoms in total. The number of nitrogens with zero attached hydrogens (tertiary/aromatic N) is 5. The number of hydrogen-bond donors (Lipinski definition) is 0. The highest BCUT2D eigenvalue weighted by Gasteiger charge is 2.20. The van der Waals surface area contributed by atoms with E-state index < -0.39 is 0 Å². The van der Waals surface area contributed by atoms with E-state index >= 15 is 0 Å². The predicted molar refractivity (Wildman–Crippen MR) is 261 cm³/mol. The van der Waals surface area contributed by atoms with Crippen molar-refractivity contribution < 1.29 is 4.42 Å². The minimum atomic E-state index is 0.557. The second-order valence-corrected chi connectivity index (χ2v) is 16.2. The van der Waals surface area contributed by atoms with Gasteiger partial charge < -0.3 is 8.98 Å². The summed E-state index contributed by atoms with van der Waals surface area (Å²) in [5.41, 5.74) is 12.8. The lowest BCUT2D eigenvalue weighted by Gasteiger charge is -2.13. The number of rotatable bonds is 6. The molecule has 13 aromatic rings. The number of aromatic nitrogens is 5. The molecular formula is C58H35N5O. The maximum absolute atomic E-state index is 6.43. The topological polar surface area (TPSA) is 69.6 Å². The Kier molecular flexibility index (Phi) is 8.11. The van der Waals surface area contributed by atoms with Gasteiger partial charge in [-0.05, 0) is 65.0 Å². The highest BCUT2D eigenvalue weighted by molar-refractivity contribution is 6.20. The largest absolute Gasteiger partial charge is 0.455 e. The van der Waals surface area contributed by atoms with E-state index in [4.69, 9.17) is 24.4 Å². The van der Waals surface area contributed by atoms with Crippen molar-refractivity contribution in [3.8, 4) is 62.2 Å². The van der Waals surface area contributed by atoms with E-state index in [2.05, 4.69) is 156 Å². The molecule has 0 amide bonds. The smallest absolute Gasteiger partial charge is 0.167 e. The normalized spacial score (nSPS) is 11.8. The molecule has 298 valence electrons. The molecule has 0 bridgehead atoms. The minimum Gasteiger partial charge on any atom is -0.455 e. The zero-order chi connectivity index (χ0) is 42.1. The van der Waals surface area contributed by atoms with Gasteiger partial charge in [0.2, 0.25) is 0 Å². The van der Waals surface area contributed by atoms with Gasteiger partial charge in [-0.2, -0.15) is 0 Å². The minimum absolute atomic E-state index is 0.557. The van der Waals surface area contributed by atoms with Gasteiger partial charge in [0.05, 0.1) is 27.8 Å². The highest BCUT2D eigenvalue weighted by Crippen LogP contribution is 2.41.